The lowest BCUT2D eigenvalue weighted by Gasteiger charge is -2.29. The third kappa shape index (κ3) is 2.74. The van der Waals surface area contributed by atoms with Crippen LogP contribution in [0.4, 0.5) is 0 Å². The highest BCUT2D eigenvalue weighted by Gasteiger charge is 2.25. The molecule has 1 aliphatic heterocycles. The number of hydrogen-bond acceptors (Lipinski definition) is 2. The second-order valence-corrected chi connectivity index (χ2v) is 5.97. The second kappa shape index (κ2) is 5.83. The Morgan fingerprint density at radius 3 is 2.72 bits per heavy atom. The molecule has 1 aromatic rings. The molecule has 0 saturated heterocycles. The lowest BCUT2D eigenvalue weighted by molar-refractivity contribution is 0.108. The largest absolute Gasteiger partial charge is 0.377 e. The van der Waals surface area contributed by atoms with Gasteiger partial charge in [-0.3, -0.25) is 4.98 Å². The summed E-state index contributed by atoms with van der Waals surface area (Å²) in [6.07, 6.45) is 4.32. The van der Waals surface area contributed by atoms with Crippen molar-refractivity contribution in [2.45, 2.75) is 59.0 Å². The highest BCUT2D eigenvalue weighted by Crippen LogP contribution is 2.37. The molecule has 2 heteroatoms. The second-order valence-electron chi connectivity index (χ2n) is 5.97. The van der Waals surface area contributed by atoms with Crippen molar-refractivity contribution in [3.63, 3.8) is 0 Å². The van der Waals surface area contributed by atoms with Crippen LogP contribution >= 0.6 is 0 Å². The van der Waals surface area contributed by atoms with E-state index in [9.17, 15) is 0 Å². The Bertz CT molecular complexity index is 398. The first kappa shape index (κ1) is 13.5. The number of fused-ring (bicyclic) bond motifs is 1. The maximum Gasteiger partial charge on any atom is 0.0720 e. The number of ether oxygens (including phenoxy) is 1. The molecule has 0 fully saturated rings. The minimum absolute atomic E-state index is 0.487. The van der Waals surface area contributed by atoms with Gasteiger partial charge in [-0.05, 0) is 47.8 Å². The number of hydrogen-bond donors (Lipinski definition) is 0. The van der Waals surface area contributed by atoms with Crippen molar-refractivity contribution in [1.29, 1.82) is 0 Å². The fraction of sp³-hybridized carbons (Fsp3) is 0.688. The van der Waals surface area contributed by atoms with Gasteiger partial charge in [0.1, 0.15) is 0 Å². The Kier molecular flexibility index (Phi) is 4.39. The summed E-state index contributed by atoms with van der Waals surface area (Å²) >= 11 is 0. The molecule has 18 heavy (non-hydrogen) atoms. The lowest BCUT2D eigenvalue weighted by Crippen LogP contribution is -2.18. The molecule has 0 amide bonds. The summed E-state index contributed by atoms with van der Waals surface area (Å²) < 4.78 is 5.74. The molecule has 2 rings (SSSR count). The van der Waals surface area contributed by atoms with Crippen LogP contribution in [0.1, 0.15) is 69.2 Å². The SMILES string of the molecule is CC(C)c1nccc2c1C(C(C)C)CCCOC2. The van der Waals surface area contributed by atoms with E-state index in [1.807, 2.05) is 6.20 Å². The van der Waals surface area contributed by atoms with Crippen molar-refractivity contribution in [2.24, 2.45) is 5.92 Å². The van der Waals surface area contributed by atoms with Crippen LogP contribution in [-0.4, -0.2) is 11.6 Å². The number of nitrogens with zero attached hydrogens (tertiary/aromatic N) is 1. The van der Waals surface area contributed by atoms with E-state index in [2.05, 4.69) is 38.7 Å². The normalized spacial score (nSPS) is 20.7. The Morgan fingerprint density at radius 1 is 1.28 bits per heavy atom. The number of rotatable bonds is 2. The average Bonchev–Trinajstić information content (AvgIpc) is 2.28. The van der Waals surface area contributed by atoms with Gasteiger partial charge in [-0.1, -0.05) is 27.7 Å². The minimum atomic E-state index is 0.487. The van der Waals surface area contributed by atoms with E-state index >= 15 is 0 Å². The highest BCUT2D eigenvalue weighted by atomic mass is 16.5. The molecule has 0 radical (unpaired) electrons. The Balaban J connectivity index is 2.51. The smallest absolute Gasteiger partial charge is 0.0720 e. The van der Waals surface area contributed by atoms with Crippen LogP contribution in [0, 0.1) is 5.92 Å². The van der Waals surface area contributed by atoms with E-state index < -0.39 is 0 Å². The molecule has 1 aliphatic rings. The molecule has 2 heterocycles. The van der Waals surface area contributed by atoms with Gasteiger partial charge in [0.2, 0.25) is 0 Å². The van der Waals surface area contributed by atoms with Crippen molar-refractivity contribution < 1.29 is 4.74 Å². The number of pyridine rings is 1. The molecule has 0 N–H and O–H groups in total. The fourth-order valence-corrected chi connectivity index (χ4v) is 2.94. The molecule has 0 saturated carbocycles. The van der Waals surface area contributed by atoms with Gasteiger partial charge in [0.15, 0.2) is 0 Å². The first-order valence-electron chi connectivity index (χ1n) is 7.16. The van der Waals surface area contributed by atoms with E-state index in [-0.39, 0.29) is 0 Å². The van der Waals surface area contributed by atoms with Gasteiger partial charge in [0.05, 0.1) is 6.61 Å². The molecular formula is C16H25NO. The zero-order chi connectivity index (χ0) is 13.1. The van der Waals surface area contributed by atoms with Crippen molar-refractivity contribution in [1.82, 2.24) is 4.98 Å². The van der Waals surface area contributed by atoms with Gasteiger partial charge >= 0.3 is 0 Å². The van der Waals surface area contributed by atoms with Crippen molar-refractivity contribution in [2.75, 3.05) is 6.61 Å². The Labute approximate surface area is 111 Å². The Morgan fingerprint density at radius 2 is 2.06 bits per heavy atom. The first-order chi connectivity index (χ1) is 8.61. The van der Waals surface area contributed by atoms with Crippen LogP contribution in [0.2, 0.25) is 0 Å². The Hall–Kier alpha value is -0.890. The summed E-state index contributed by atoms with van der Waals surface area (Å²) in [6.45, 7) is 10.8. The predicted octanol–water partition coefficient (Wildman–Crippen LogP) is 4.26. The summed E-state index contributed by atoms with van der Waals surface area (Å²) in [5, 5.41) is 0. The average molecular weight is 247 g/mol. The topological polar surface area (TPSA) is 22.1 Å². The molecule has 0 aromatic carbocycles. The van der Waals surface area contributed by atoms with Crippen LogP contribution < -0.4 is 0 Å². The predicted molar refractivity (Wildman–Crippen MR) is 74.8 cm³/mol. The van der Waals surface area contributed by atoms with Gasteiger partial charge in [-0.15, -0.1) is 0 Å². The third-order valence-electron chi connectivity index (χ3n) is 3.90. The molecule has 0 bridgehead atoms. The zero-order valence-electron chi connectivity index (χ0n) is 12.1. The fourth-order valence-electron chi connectivity index (χ4n) is 2.94. The van der Waals surface area contributed by atoms with Gasteiger partial charge in [-0.2, -0.15) is 0 Å². The molecule has 100 valence electrons. The summed E-state index contributed by atoms with van der Waals surface area (Å²) in [6, 6.07) is 2.14. The van der Waals surface area contributed by atoms with Crippen LogP contribution in [0.5, 0.6) is 0 Å². The third-order valence-corrected chi connectivity index (χ3v) is 3.90. The van der Waals surface area contributed by atoms with E-state index in [0.717, 1.165) is 19.6 Å². The molecule has 2 nitrogen and oxygen atoms in total. The van der Waals surface area contributed by atoms with Gasteiger partial charge in [-0.25, -0.2) is 0 Å². The standard InChI is InChI=1S/C16H25NO/c1-11(2)14-6-5-9-18-10-13-7-8-17-16(12(3)4)15(13)14/h7-8,11-12,14H,5-6,9-10H2,1-4H3. The summed E-state index contributed by atoms with van der Waals surface area (Å²) in [5.41, 5.74) is 4.10. The zero-order valence-corrected chi connectivity index (χ0v) is 12.1. The van der Waals surface area contributed by atoms with E-state index in [1.165, 1.54) is 23.2 Å². The molecule has 1 unspecified atom stereocenters. The first-order valence-corrected chi connectivity index (χ1v) is 7.16. The molecule has 1 aromatic heterocycles. The van der Waals surface area contributed by atoms with Crippen LogP contribution in [-0.2, 0) is 11.3 Å². The van der Waals surface area contributed by atoms with Gasteiger partial charge < -0.3 is 4.74 Å². The van der Waals surface area contributed by atoms with E-state index in [1.54, 1.807) is 0 Å². The molecule has 0 spiro atoms. The van der Waals surface area contributed by atoms with Crippen LogP contribution in [0.15, 0.2) is 12.3 Å². The van der Waals surface area contributed by atoms with Crippen LogP contribution in [0.3, 0.4) is 0 Å². The van der Waals surface area contributed by atoms with Crippen molar-refractivity contribution in [3.8, 4) is 0 Å². The maximum absolute atomic E-state index is 5.74. The van der Waals surface area contributed by atoms with Gasteiger partial charge in [0.25, 0.3) is 0 Å². The van der Waals surface area contributed by atoms with E-state index in [0.29, 0.717) is 17.8 Å². The van der Waals surface area contributed by atoms with Gasteiger partial charge in [0, 0.05) is 18.5 Å². The van der Waals surface area contributed by atoms with E-state index in [4.69, 9.17) is 4.74 Å². The summed E-state index contributed by atoms with van der Waals surface area (Å²) in [7, 11) is 0. The minimum Gasteiger partial charge on any atom is -0.377 e. The molecular weight excluding hydrogens is 222 g/mol. The van der Waals surface area contributed by atoms with Crippen molar-refractivity contribution >= 4 is 0 Å². The van der Waals surface area contributed by atoms with Crippen LogP contribution in [0.25, 0.3) is 0 Å². The quantitative estimate of drug-likeness (QED) is 0.779. The maximum atomic E-state index is 5.74. The lowest BCUT2D eigenvalue weighted by atomic mass is 9.79. The summed E-state index contributed by atoms with van der Waals surface area (Å²) in [4.78, 5) is 4.64. The molecule has 1 atom stereocenters. The number of aromatic nitrogens is 1. The van der Waals surface area contributed by atoms with Crippen molar-refractivity contribution in [3.05, 3.63) is 29.1 Å². The molecule has 0 aliphatic carbocycles. The summed E-state index contributed by atoms with van der Waals surface area (Å²) in [5.74, 6) is 1.79. The highest BCUT2D eigenvalue weighted by molar-refractivity contribution is 5.35. The monoisotopic (exact) mass is 247 g/mol.